The average molecular weight is 638 g/mol. The molecule has 1 saturated carbocycles. The summed E-state index contributed by atoms with van der Waals surface area (Å²) in [6, 6.07) is 0. The number of carbonyl (C=O) groups excluding carboxylic acids is 3. The zero-order valence-electron chi connectivity index (χ0n) is 27.9. The molecule has 0 aromatic carbocycles. The Balaban J connectivity index is 1.64. The highest BCUT2D eigenvalue weighted by Gasteiger charge is 2.44. The Bertz CT molecular complexity index is 900. The molecular formula is C35H59NO9. The molecule has 10 heteroatoms. The fraction of sp³-hybridized carbons (Fsp3) is 0.857. The first kappa shape index (κ1) is 37.6. The molecule has 2 saturated heterocycles. The highest BCUT2D eigenvalue weighted by Crippen LogP contribution is 2.40. The molecule has 0 radical (unpaired) electrons. The van der Waals surface area contributed by atoms with Gasteiger partial charge in [-0.25, -0.2) is 0 Å². The number of methoxy groups -OCH3 is 1. The van der Waals surface area contributed by atoms with Crippen molar-refractivity contribution in [3.8, 4) is 0 Å². The first-order chi connectivity index (χ1) is 21.8. The molecule has 2 unspecified atom stereocenters. The zero-order chi connectivity index (χ0) is 32.4. The van der Waals surface area contributed by atoms with E-state index in [4.69, 9.17) is 18.9 Å². The van der Waals surface area contributed by atoms with Crippen LogP contribution >= 0.6 is 0 Å². The quantitative estimate of drug-likeness (QED) is 0.103. The Labute approximate surface area is 270 Å². The van der Waals surface area contributed by atoms with Gasteiger partial charge in [0, 0.05) is 50.7 Å². The van der Waals surface area contributed by atoms with Crippen LogP contribution in [0.5, 0.6) is 0 Å². The van der Waals surface area contributed by atoms with Gasteiger partial charge in [0.1, 0.15) is 12.3 Å². The lowest BCUT2D eigenvalue weighted by molar-refractivity contribution is -0.193. The molecule has 258 valence electrons. The Kier molecular flexibility index (Phi) is 17.6. The van der Waals surface area contributed by atoms with Gasteiger partial charge in [-0.05, 0) is 63.7 Å². The lowest BCUT2D eigenvalue weighted by Crippen LogP contribution is -2.32. The third kappa shape index (κ3) is 14.2. The van der Waals surface area contributed by atoms with Crippen molar-refractivity contribution in [3.63, 3.8) is 0 Å². The first-order valence-corrected chi connectivity index (χ1v) is 17.5. The van der Waals surface area contributed by atoms with Crippen LogP contribution in [0.25, 0.3) is 0 Å². The summed E-state index contributed by atoms with van der Waals surface area (Å²) in [5.74, 6) is -0.592. The lowest BCUT2D eigenvalue weighted by atomic mass is 9.87. The van der Waals surface area contributed by atoms with Crippen molar-refractivity contribution in [3.05, 3.63) is 12.2 Å². The van der Waals surface area contributed by atoms with Crippen LogP contribution in [0.2, 0.25) is 0 Å². The van der Waals surface area contributed by atoms with Crippen LogP contribution in [-0.2, 0) is 38.1 Å². The normalized spacial score (nSPS) is 28.5. The van der Waals surface area contributed by atoms with Crippen LogP contribution in [0, 0.1) is 17.8 Å². The van der Waals surface area contributed by atoms with E-state index < -0.39 is 12.1 Å². The number of hydrogen-bond acceptors (Lipinski definition) is 9. The molecule has 2 heterocycles. The van der Waals surface area contributed by atoms with Gasteiger partial charge >= 0.3 is 5.97 Å². The standard InChI is InChI=1S/C35H59NO9/c1-4-5-12-25(2)21-27(44-34-15-8-10-19-42-34)17-18-28-29(30(38)23-31(28)45-35-16-9-11-20-43-35)22-26(37)13-6-7-14-32(39)36-24-33(40)41-3/h17-18,25,27-31,34-35,38H,4-16,19-24H2,1-3H3,(H,36,39)/t25-,27-,28+,29+,30-,31+,34?,35?/m0/s1. The van der Waals surface area contributed by atoms with Crippen molar-refractivity contribution in [1.29, 1.82) is 0 Å². The van der Waals surface area contributed by atoms with E-state index in [9.17, 15) is 19.5 Å². The van der Waals surface area contributed by atoms with E-state index >= 15 is 0 Å². The van der Waals surface area contributed by atoms with Crippen LogP contribution in [0.3, 0.4) is 0 Å². The maximum absolute atomic E-state index is 13.1. The minimum atomic E-state index is -0.661. The number of carbonyl (C=O) groups is 3. The summed E-state index contributed by atoms with van der Waals surface area (Å²) in [4.78, 5) is 36.3. The Morgan fingerprint density at radius 3 is 2.38 bits per heavy atom. The van der Waals surface area contributed by atoms with Crippen molar-refractivity contribution in [1.82, 2.24) is 5.32 Å². The monoisotopic (exact) mass is 637 g/mol. The highest BCUT2D eigenvalue weighted by molar-refractivity contribution is 5.82. The van der Waals surface area contributed by atoms with Gasteiger partial charge in [0.15, 0.2) is 12.6 Å². The second kappa shape index (κ2) is 21.1. The Hall–Kier alpha value is -1.85. The zero-order valence-corrected chi connectivity index (χ0v) is 27.9. The van der Waals surface area contributed by atoms with Crippen molar-refractivity contribution in [2.45, 2.75) is 147 Å². The first-order valence-electron chi connectivity index (χ1n) is 17.5. The number of ketones is 1. The van der Waals surface area contributed by atoms with Crippen LogP contribution < -0.4 is 5.32 Å². The molecule has 0 aromatic rings. The predicted octanol–water partition coefficient (Wildman–Crippen LogP) is 5.39. The van der Waals surface area contributed by atoms with E-state index in [0.717, 1.165) is 64.4 Å². The predicted molar refractivity (Wildman–Crippen MR) is 170 cm³/mol. The topological polar surface area (TPSA) is 130 Å². The van der Waals surface area contributed by atoms with Gasteiger partial charge < -0.3 is 34.1 Å². The van der Waals surface area contributed by atoms with Gasteiger partial charge in [-0.15, -0.1) is 0 Å². The third-order valence-electron chi connectivity index (χ3n) is 9.28. The number of aliphatic hydroxyl groups is 1. The summed E-state index contributed by atoms with van der Waals surface area (Å²) >= 11 is 0. The van der Waals surface area contributed by atoms with Gasteiger partial charge in [-0.2, -0.15) is 0 Å². The molecule has 3 fully saturated rings. The molecule has 2 aliphatic heterocycles. The summed E-state index contributed by atoms with van der Waals surface area (Å²) in [6.45, 7) is 5.73. The number of esters is 1. The van der Waals surface area contributed by atoms with E-state index in [1.807, 2.05) is 0 Å². The second-order valence-corrected chi connectivity index (χ2v) is 13.2. The number of ether oxygens (including phenoxy) is 5. The van der Waals surface area contributed by atoms with Crippen molar-refractivity contribution in [2.24, 2.45) is 17.8 Å². The lowest BCUT2D eigenvalue weighted by Gasteiger charge is -2.30. The Morgan fingerprint density at radius 1 is 1.00 bits per heavy atom. The molecule has 2 N–H and O–H groups in total. The molecule has 45 heavy (non-hydrogen) atoms. The minimum Gasteiger partial charge on any atom is -0.468 e. The SMILES string of the molecule is CCCC[C@H](C)C[C@H](C=C[C@@H]1[C@@H](CC(=O)CCCCC(=O)NCC(=O)OC)[C@@H](O)C[C@H]1OC1CCCCO1)OC1CCCCO1. The van der Waals surface area contributed by atoms with Gasteiger partial charge in [-0.1, -0.05) is 45.3 Å². The third-order valence-corrected chi connectivity index (χ3v) is 9.28. The molecule has 8 atom stereocenters. The highest BCUT2D eigenvalue weighted by atomic mass is 16.7. The Morgan fingerprint density at radius 2 is 1.71 bits per heavy atom. The molecule has 1 aliphatic carbocycles. The van der Waals surface area contributed by atoms with E-state index in [0.29, 0.717) is 38.2 Å². The van der Waals surface area contributed by atoms with Crippen LogP contribution in [0.1, 0.15) is 117 Å². The summed E-state index contributed by atoms with van der Waals surface area (Å²) in [7, 11) is 1.27. The molecule has 3 aliphatic rings. The second-order valence-electron chi connectivity index (χ2n) is 13.2. The van der Waals surface area contributed by atoms with Gasteiger partial charge in [0.05, 0.1) is 25.4 Å². The van der Waals surface area contributed by atoms with E-state index in [-0.39, 0.29) is 67.7 Å². The fourth-order valence-electron chi connectivity index (χ4n) is 6.62. The van der Waals surface area contributed by atoms with Crippen molar-refractivity contribution in [2.75, 3.05) is 26.9 Å². The minimum absolute atomic E-state index is 0.0681. The van der Waals surface area contributed by atoms with Crippen LogP contribution in [0.15, 0.2) is 12.2 Å². The number of rotatable bonds is 20. The van der Waals surface area contributed by atoms with Gasteiger partial charge in [0.25, 0.3) is 0 Å². The molecular weight excluding hydrogens is 578 g/mol. The summed E-state index contributed by atoms with van der Waals surface area (Å²) in [5, 5.41) is 13.7. The summed E-state index contributed by atoms with van der Waals surface area (Å²) < 4.78 is 29.3. The van der Waals surface area contributed by atoms with E-state index in [1.165, 1.54) is 13.5 Å². The van der Waals surface area contributed by atoms with Gasteiger partial charge in [-0.3, -0.25) is 14.4 Å². The van der Waals surface area contributed by atoms with Crippen molar-refractivity contribution < 1.29 is 43.2 Å². The number of hydrogen-bond donors (Lipinski definition) is 2. The molecule has 0 bridgehead atoms. The number of unbranched alkanes of at least 4 members (excludes halogenated alkanes) is 2. The van der Waals surface area contributed by atoms with Gasteiger partial charge in [0.2, 0.25) is 5.91 Å². The largest absolute Gasteiger partial charge is 0.468 e. The summed E-state index contributed by atoms with van der Waals surface area (Å²) in [6.07, 6.45) is 15.5. The maximum Gasteiger partial charge on any atom is 0.325 e. The molecule has 0 aromatic heterocycles. The molecule has 10 nitrogen and oxygen atoms in total. The van der Waals surface area contributed by atoms with Crippen LogP contribution in [0.4, 0.5) is 0 Å². The number of nitrogens with one attached hydrogen (secondary N) is 1. The fourth-order valence-corrected chi connectivity index (χ4v) is 6.62. The van der Waals surface area contributed by atoms with E-state index in [2.05, 4.69) is 36.1 Å². The average Bonchev–Trinajstić information content (AvgIpc) is 3.33. The van der Waals surface area contributed by atoms with Crippen LogP contribution in [-0.4, -0.2) is 80.5 Å². The number of Topliss-reactive ketones (excluding diaryl/α,β-unsaturated/α-hetero) is 1. The number of aliphatic hydroxyl groups excluding tert-OH is 1. The smallest absolute Gasteiger partial charge is 0.325 e. The van der Waals surface area contributed by atoms with Crippen molar-refractivity contribution >= 4 is 17.7 Å². The maximum atomic E-state index is 13.1. The molecule has 3 rings (SSSR count). The van der Waals surface area contributed by atoms with E-state index in [1.54, 1.807) is 0 Å². The molecule has 0 spiro atoms. The summed E-state index contributed by atoms with van der Waals surface area (Å²) in [5.41, 5.74) is 0. The number of amides is 1. The molecule has 1 amide bonds.